The molecule has 1 aliphatic rings. The first-order chi connectivity index (χ1) is 56.0. The van der Waals surface area contributed by atoms with Crippen LogP contribution < -0.4 is 84.0 Å². The van der Waals surface area contributed by atoms with E-state index >= 15 is 0 Å². The van der Waals surface area contributed by atoms with Gasteiger partial charge in [0.15, 0.2) is 0 Å². The van der Waals surface area contributed by atoms with Gasteiger partial charge >= 0.3 is 7.12 Å². The number of aromatic nitrogens is 8. The van der Waals surface area contributed by atoms with Crippen LogP contribution in [0.2, 0.25) is 20.5 Å². The number of aliphatic hydroxyl groups is 4. The van der Waals surface area contributed by atoms with Crippen LogP contribution >= 0.6 is 58.8 Å². The van der Waals surface area contributed by atoms with E-state index in [0.29, 0.717) is 39.4 Å². The minimum absolute atomic E-state index is 0. The van der Waals surface area contributed by atoms with E-state index in [1.165, 1.54) is 111 Å². The molecular weight excluding hydrogens is 1840 g/mol. The number of anilines is 3. The van der Waals surface area contributed by atoms with E-state index in [2.05, 4.69) is 79.2 Å². The average molecular weight is 1940 g/mol. The van der Waals surface area contributed by atoms with E-state index in [-0.39, 0.29) is 130 Å². The molecule has 8 aromatic heterocycles. The minimum Gasteiger partial charge on any atom is -1.00 e. The zero-order chi connectivity index (χ0) is 91.8. The molecule has 674 valence electrons. The van der Waals surface area contributed by atoms with E-state index in [9.17, 15) is 72.0 Å². The number of hydrogen-bond donors (Lipinski definition) is 14. The largest absolute Gasteiger partial charge is 1.00 e. The number of nitrogens with two attached hydrogens (primary N) is 3. The molecule has 9 rings (SSSR count). The zero-order valence-electron chi connectivity index (χ0n) is 69.7. The summed E-state index contributed by atoms with van der Waals surface area (Å²) in [6, 6.07) is 22.3. The molecule has 9 heterocycles. The van der Waals surface area contributed by atoms with Crippen LogP contribution in [0.4, 0.5) is 34.6 Å². The van der Waals surface area contributed by atoms with Gasteiger partial charge in [-0.15, -0.1) is 12.4 Å². The molecule has 17 N–H and O–H groups in total. The molecule has 124 heavy (non-hydrogen) atoms. The number of alkyl halides is 4. The van der Waals surface area contributed by atoms with Crippen LogP contribution in [0.1, 0.15) is 171 Å². The Balaban J connectivity index is 0.000000767. The second-order valence-corrected chi connectivity index (χ2v) is 32.0. The highest BCUT2D eigenvalue weighted by Crippen LogP contribution is 2.37. The number of pyridine rings is 4. The lowest BCUT2D eigenvalue weighted by atomic mass is 9.85. The first-order valence-electron chi connectivity index (χ1n) is 36.8. The second kappa shape index (κ2) is 48.9. The molecule has 0 spiro atoms. The number of carbonyl (C=O) groups excluding carboxylic acids is 6. The Bertz CT molecular complexity index is 5130. The SMILES string of the molecule is C.CC(C)(O)[C@H](F)CNC(=O)c1cnc(Cl)cc1Cl.CC1(C)OB(c2ccc3cc(C#N)cnn23)OC1(C)C.C[C@@H](N)C(N)=O.C[C@@H](Nc1cc(Cl)ncc1C(=O)NC[C@@H](F)C(C)(C)O)C(N)=O.C[C@H](C#N)Nc1cc(-c2ccc3cc(C#N)cnn23)ncc1C(=O)NC[C@@H](F)C(C)(C)O.C[C@H](C#N)Nc1cc(Cl)ncc1C(=O)NC[C@@H](F)C(C)(C)O.Cl.[I-]. The van der Waals surface area contributed by atoms with Crippen LogP contribution in [-0.4, -0.2) is 211 Å². The maximum Gasteiger partial charge on any atom is 0.514 e. The molecule has 0 unspecified atom stereocenters. The number of nitriles is 4. The Morgan fingerprint density at radius 2 is 0.831 bits per heavy atom. The molecule has 1 fully saturated rings. The fourth-order valence-electron chi connectivity index (χ4n) is 9.35. The summed E-state index contributed by atoms with van der Waals surface area (Å²) < 4.78 is 70.2. The first kappa shape index (κ1) is 112. The van der Waals surface area contributed by atoms with Crippen molar-refractivity contribution in [3.63, 3.8) is 0 Å². The highest BCUT2D eigenvalue weighted by molar-refractivity contribution is 6.61. The van der Waals surface area contributed by atoms with Crippen molar-refractivity contribution in [3.8, 4) is 35.7 Å². The monoisotopic (exact) mass is 1940 g/mol. The second-order valence-electron chi connectivity index (χ2n) is 30.4. The van der Waals surface area contributed by atoms with Gasteiger partial charge in [0.25, 0.3) is 23.6 Å². The number of rotatable bonds is 26. The molecule has 0 aliphatic carbocycles. The topological polar surface area (TPSA) is 545 Å². The molecule has 0 bridgehead atoms. The molecule has 8 atom stereocenters. The Hall–Kier alpha value is -10.2. The predicted molar refractivity (Wildman–Crippen MR) is 462 cm³/mol. The van der Waals surface area contributed by atoms with Crippen molar-refractivity contribution in [1.82, 2.24) is 60.4 Å². The molecule has 34 nitrogen and oxygen atoms in total. The van der Waals surface area contributed by atoms with Crippen molar-refractivity contribution in [2.24, 2.45) is 17.2 Å². The van der Waals surface area contributed by atoms with E-state index in [0.717, 1.165) is 11.1 Å². The van der Waals surface area contributed by atoms with Gasteiger partial charge in [0.2, 0.25) is 11.8 Å². The lowest BCUT2D eigenvalue weighted by molar-refractivity contribution is -0.119. The van der Waals surface area contributed by atoms with Crippen LogP contribution in [0.25, 0.3) is 22.4 Å². The number of hydrogen-bond acceptors (Lipinski definition) is 26. The van der Waals surface area contributed by atoms with Gasteiger partial charge in [-0.25, -0.2) is 41.5 Å². The Morgan fingerprint density at radius 3 is 1.18 bits per heavy atom. The summed E-state index contributed by atoms with van der Waals surface area (Å²) in [5.74, 6) is -3.45. The molecule has 1 saturated heterocycles. The summed E-state index contributed by atoms with van der Waals surface area (Å²) in [5.41, 5.74) is 13.6. The fraction of sp³-hybridized carbons (Fsp3) is 0.443. The summed E-state index contributed by atoms with van der Waals surface area (Å²) in [6.07, 6.45) is 1.44. The van der Waals surface area contributed by atoms with Gasteiger partial charge in [-0.3, -0.25) is 33.8 Å². The van der Waals surface area contributed by atoms with Crippen LogP contribution in [0.3, 0.4) is 0 Å². The molecule has 6 amide bonds. The molecule has 0 radical (unpaired) electrons. The summed E-state index contributed by atoms with van der Waals surface area (Å²) in [6.45, 7) is 23.5. The van der Waals surface area contributed by atoms with E-state index in [1.807, 2.05) is 58.0 Å². The maximum atomic E-state index is 14.0. The summed E-state index contributed by atoms with van der Waals surface area (Å²) >= 11 is 22.9. The average Bonchev–Trinajstić information content (AvgIpc) is 1.60. The number of nitrogens with zero attached hydrogens (tertiary/aromatic N) is 12. The number of primary amides is 2. The number of nitrogens with one attached hydrogen (secondary N) is 7. The number of fused-ring (bicyclic) bond motifs is 2. The van der Waals surface area contributed by atoms with Gasteiger partial charge in [0.1, 0.15) is 70.4 Å². The van der Waals surface area contributed by atoms with Gasteiger partial charge in [0.05, 0.1) is 174 Å². The standard InChI is InChI=1S/C22H22FN7O2.C14H16BN3O2.C14H20ClFN4O3.C14H18ClFN4O2.C11H13Cl2FN2O2.C3H8N2O.CH4.ClH.HI/c1-13(8-24)29-17-7-18(19-5-4-15-6-14(9-25)10-28-30(15)19)26-11-16(17)21(31)27-12-20(23)22(2,3)32;1-13(2)14(3,4)20-15(19-13)12-6-5-11-7-10(8-16)9-17-18(11)12;1-7(12(17)21)20-9-4-11(15)18-5-8(9)13(22)19-6-10(16)14(2,3)23;1-8(5-17)20-10-4-12(15)18-6-9(10)13(21)19-7-11(16)14(2,3)22;1-11(2,18)8(14)5-16-10(17)6-4-15-9(13)3-7(6)12;1-2(4)3(5)6;;;/h4-7,10-11,13,20,32H,12H2,1-3H3,(H,26,29)(H,27,31);5-7,9H,1-4H3;4-5,7,10,23H,6H2,1-3H3,(H2,17,21)(H,18,20)(H,19,22);4,6,8,11,22H,7H2,1-3H3,(H,18,20)(H,19,21);3-4,8,18H,5H2,1-2H3,(H,16,17);2H,4H2,1H3,(H2,5,6);1H4;2*1H/p-1/t13-,20-;;7-,10-;8-,11-;8-;2-;;;/m1.1111.../s1. The zero-order valence-corrected chi connectivity index (χ0v) is 75.7. The number of carbonyl (C=O) groups is 6. The smallest absolute Gasteiger partial charge is 0.514 e. The molecule has 0 aromatic carbocycles. The normalized spacial score (nSPS) is 14.3. The van der Waals surface area contributed by atoms with Gasteiger partial charge in [-0.2, -0.15) is 31.2 Å². The van der Waals surface area contributed by atoms with Gasteiger partial charge in [0, 0.05) is 24.8 Å². The quantitative estimate of drug-likeness (QED) is 0.0132. The van der Waals surface area contributed by atoms with Crippen LogP contribution in [0.15, 0.2) is 97.8 Å². The molecule has 1 aliphatic heterocycles. The Labute approximate surface area is 759 Å². The van der Waals surface area contributed by atoms with Crippen LogP contribution in [0.5, 0.6) is 0 Å². The van der Waals surface area contributed by atoms with Gasteiger partial charge in [-0.05, 0) is 171 Å². The van der Waals surface area contributed by atoms with Crippen LogP contribution in [-0.2, 0) is 18.9 Å². The summed E-state index contributed by atoms with van der Waals surface area (Å²) in [7, 11) is -0.456. The maximum absolute atomic E-state index is 14.0. The lowest BCUT2D eigenvalue weighted by Gasteiger charge is -2.32. The Kier molecular flexibility index (Phi) is 44.1. The Morgan fingerprint density at radius 1 is 0.508 bits per heavy atom. The van der Waals surface area contributed by atoms with Gasteiger partial charge in [-0.1, -0.05) is 53.8 Å². The molecule has 0 saturated carbocycles. The van der Waals surface area contributed by atoms with Crippen molar-refractivity contribution in [2.45, 2.75) is 201 Å². The third-order valence-corrected chi connectivity index (χ3v) is 18.6. The summed E-state index contributed by atoms with van der Waals surface area (Å²) in [5, 5.41) is 101. The summed E-state index contributed by atoms with van der Waals surface area (Å²) in [4.78, 5) is 85.2. The van der Waals surface area contributed by atoms with Crippen molar-refractivity contribution < 1.29 is 100 Å². The van der Waals surface area contributed by atoms with Crippen molar-refractivity contribution in [1.29, 1.82) is 21.0 Å². The molecular formula is C79H102BCl5F4IN22O12-. The highest BCUT2D eigenvalue weighted by atomic mass is 127. The first-order valence-corrected chi connectivity index (χ1v) is 38.3. The van der Waals surface area contributed by atoms with E-state index in [1.54, 1.807) is 66.3 Å². The fourth-order valence-corrected chi connectivity index (χ4v) is 10.1. The number of amides is 6. The van der Waals surface area contributed by atoms with Crippen molar-refractivity contribution in [2.75, 3.05) is 42.1 Å². The highest BCUT2D eigenvalue weighted by Gasteiger charge is 2.53. The van der Waals surface area contributed by atoms with Crippen LogP contribution in [0, 0.1) is 45.3 Å². The van der Waals surface area contributed by atoms with E-state index < -0.39 is 114 Å². The lowest BCUT2D eigenvalue weighted by Crippen LogP contribution is -3.00. The molecule has 8 aromatic rings. The predicted octanol–water partition coefficient (Wildman–Crippen LogP) is 5.80. The van der Waals surface area contributed by atoms with E-state index in [4.69, 9.17) is 83.0 Å². The number of halogens is 10. The molecule has 45 heteroatoms. The van der Waals surface area contributed by atoms with Gasteiger partial charge < -0.3 is 108 Å². The third-order valence-electron chi connectivity index (χ3n) is 17.7. The third kappa shape index (κ3) is 34.1. The van der Waals surface area contributed by atoms with Crippen molar-refractivity contribution >= 4 is 135 Å². The minimum atomic E-state index is -1.66. The van der Waals surface area contributed by atoms with Crippen molar-refractivity contribution in [3.05, 3.63) is 152 Å².